The molecule has 0 aliphatic carbocycles. The zero-order valence-corrected chi connectivity index (χ0v) is 17.9. The van der Waals surface area contributed by atoms with Crippen LogP contribution in [0.3, 0.4) is 0 Å². The largest absolute Gasteiger partial charge is 0.357 e. The maximum absolute atomic E-state index is 13.1. The fraction of sp³-hybridized carbons (Fsp3) is 0.348. The molecule has 1 aliphatic heterocycles. The summed E-state index contributed by atoms with van der Waals surface area (Å²) >= 11 is 0. The quantitative estimate of drug-likeness (QED) is 0.476. The molecule has 1 aliphatic rings. The van der Waals surface area contributed by atoms with Crippen molar-refractivity contribution in [3.05, 3.63) is 53.5 Å². The highest BCUT2D eigenvalue weighted by molar-refractivity contribution is 6.06. The number of hydrogen-bond donors (Lipinski definition) is 2. The number of nitrogens with one attached hydrogen (secondary N) is 2. The summed E-state index contributed by atoms with van der Waals surface area (Å²) in [6, 6.07) is 9.08. The SMILES string of the molecule is C[C@H]1CCCN1Cc1cc2cnc(NC(=O)c3ccc4c(C(F)F)nn(C)c4c3)cc2[nH]1. The molecular weight excluding hydrogens is 414 g/mol. The van der Waals surface area contributed by atoms with Crippen molar-refractivity contribution in [2.75, 3.05) is 11.9 Å². The maximum atomic E-state index is 13.1. The van der Waals surface area contributed by atoms with Gasteiger partial charge in [0, 0.05) is 53.9 Å². The number of aryl methyl sites for hydroxylation is 1. The number of benzene rings is 1. The van der Waals surface area contributed by atoms with Gasteiger partial charge in [-0.25, -0.2) is 13.8 Å². The number of rotatable bonds is 5. The van der Waals surface area contributed by atoms with Crippen molar-refractivity contribution in [1.29, 1.82) is 0 Å². The van der Waals surface area contributed by atoms with Crippen LogP contribution in [0, 0.1) is 0 Å². The predicted molar refractivity (Wildman–Crippen MR) is 119 cm³/mol. The molecule has 166 valence electrons. The van der Waals surface area contributed by atoms with Crippen molar-refractivity contribution >= 4 is 33.5 Å². The van der Waals surface area contributed by atoms with Gasteiger partial charge in [0.2, 0.25) is 0 Å². The first-order valence-electron chi connectivity index (χ1n) is 10.7. The number of aromatic nitrogens is 4. The number of halogens is 2. The van der Waals surface area contributed by atoms with E-state index in [4.69, 9.17) is 0 Å². The normalized spacial score (nSPS) is 17.1. The van der Waals surface area contributed by atoms with Gasteiger partial charge in [-0.05, 0) is 50.6 Å². The Morgan fingerprint density at radius 3 is 2.91 bits per heavy atom. The number of carbonyl (C=O) groups excluding carboxylic acids is 1. The van der Waals surface area contributed by atoms with Crippen LogP contribution < -0.4 is 5.32 Å². The van der Waals surface area contributed by atoms with Crippen LogP contribution in [0.2, 0.25) is 0 Å². The number of amides is 1. The molecule has 0 unspecified atom stereocenters. The third-order valence-corrected chi connectivity index (χ3v) is 6.21. The number of fused-ring (bicyclic) bond motifs is 2. The molecule has 1 amide bonds. The van der Waals surface area contributed by atoms with E-state index in [0.717, 1.165) is 29.7 Å². The highest BCUT2D eigenvalue weighted by Gasteiger charge is 2.21. The van der Waals surface area contributed by atoms with E-state index >= 15 is 0 Å². The second kappa shape index (κ2) is 7.98. The fourth-order valence-electron chi connectivity index (χ4n) is 4.46. The number of anilines is 1. The van der Waals surface area contributed by atoms with E-state index in [2.05, 4.69) is 38.3 Å². The number of pyridine rings is 1. The molecule has 0 radical (unpaired) electrons. The maximum Gasteiger partial charge on any atom is 0.282 e. The summed E-state index contributed by atoms with van der Waals surface area (Å²) in [4.78, 5) is 23.0. The summed E-state index contributed by atoms with van der Waals surface area (Å²) in [5, 5.41) is 7.99. The van der Waals surface area contributed by atoms with Gasteiger partial charge in [-0.1, -0.05) is 0 Å². The van der Waals surface area contributed by atoms with E-state index < -0.39 is 6.43 Å². The minimum Gasteiger partial charge on any atom is -0.357 e. The molecular formula is C23H24F2N6O. The van der Waals surface area contributed by atoms with E-state index in [0.29, 0.717) is 28.3 Å². The van der Waals surface area contributed by atoms with E-state index in [1.165, 1.54) is 29.7 Å². The molecule has 7 nitrogen and oxygen atoms in total. The Kier molecular flexibility index (Phi) is 5.13. The summed E-state index contributed by atoms with van der Waals surface area (Å²) in [7, 11) is 1.58. The van der Waals surface area contributed by atoms with Crippen molar-refractivity contribution < 1.29 is 13.6 Å². The van der Waals surface area contributed by atoms with Gasteiger partial charge in [0.25, 0.3) is 12.3 Å². The van der Waals surface area contributed by atoms with Gasteiger partial charge in [-0.3, -0.25) is 14.4 Å². The summed E-state index contributed by atoms with van der Waals surface area (Å²) in [5.74, 6) is 0.0556. The molecule has 5 rings (SSSR count). The molecule has 1 fully saturated rings. The Bertz CT molecular complexity index is 1310. The van der Waals surface area contributed by atoms with Crippen molar-refractivity contribution in [3.8, 4) is 0 Å². The van der Waals surface area contributed by atoms with Crippen LogP contribution in [-0.2, 0) is 13.6 Å². The van der Waals surface area contributed by atoms with E-state index in [-0.39, 0.29) is 11.6 Å². The molecule has 1 saturated heterocycles. The minimum atomic E-state index is -2.67. The number of hydrogen-bond acceptors (Lipinski definition) is 4. The highest BCUT2D eigenvalue weighted by Crippen LogP contribution is 2.28. The lowest BCUT2D eigenvalue weighted by atomic mass is 10.1. The van der Waals surface area contributed by atoms with Crippen LogP contribution in [-0.4, -0.2) is 43.1 Å². The minimum absolute atomic E-state index is 0.285. The third kappa shape index (κ3) is 3.73. The lowest BCUT2D eigenvalue weighted by molar-refractivity contribution is 0.102. The molecule has 32 heavy (non-hydrogen) atoms. The number of aromatic amines is 1. The van der Waals surface area contributed by atoms with Crippen LogP contribution in [0.25, 0.3) is 21.8 Å². The van der Waals surface area contributed by atoms with Crippen LogP contribution >= 0.6 is 0 Å². The first kappa shape index (κ1) is 20.6. The molecule has 0 bridgehead atoms. The second-order valence-electron chi connectivity index (χ2n) is 8.41. The van der Waals surface area contributed by atoms with Gasteiger partial charge >= 0.3 is 0 Å². The average molecular weight is 438 g/mol. The smallest absolute Gasteiger partial charge is 0.282 e. The second-order valence-corrected chi connectivity index (χ2v) is 8.41. The lowest BCUT2D eigenvalue weighted by Crippen LogP contribution is -2.26. The van der Waals surface area contributed by atoms with Crippen LogP contribution in [0.1, 0.15) is 47.9 Å². The summed E-state index contributed by atoms with van der Waals surface area (Å²) in [6.07, 6.45) is 1.52. The van der Waals surface area contributed by atoms with Gasteiger partial charge < -0.3 is 10.3 Å². The molecule has 4 heterocycles. The number of carbonyl (C=O) groups is 1. The molecule has 3 aromatic heterocycles. The average Bonchev–Trinajstić information content (AvgIpc) is 3.45. The zero-order chi connectivity index (χ0) is 22.4. The third-order valence-electron chi connectivity index (χ3n) is 6.21. The number of nitrogens with zero attached hydrogens (tertiary/aromatic N) is 4. The van der Waals surface area contributed by atoms with Crippen molar-refractivity contribution in [2.45, 2.75) is 38.8 Å². The summed E-state index contributed by atoms with van der Waals surface area (Å²) < 4.78 is 27.7. The van der Waals surface area contributed by atoms with Crippen molar-refractivity contribution in [2.24, 2.45) is 7.05 Å². The summed E-state index contributed by atoms with van der Waals surface area (Å²) in [6.45, 7) is 4.22. The Morgan fingerprint density at radius 2 is 2.16 bits per heavy atom. The topological polar surface area (TPSA) is 78.8 Å². The highest BCUT2D eigenvalue weighted by atomic mass is 19.3. The number of likely N-dealkylation sites (tertiary alicyclic amines) is 1. The molecule has 1 aromatic carbocycles. The first-order valence-corrected chi connectivity index (χ1v) is 10.7. The Morgan fingerprint density at radius 1 is 1.31 bits per heavy atom. The first-order chi connectivity index (χ1) is 15.4. The zero-order valence-electron chi connectivity index (χ0n) is 17.9. The number of H-pyrrole nitrogens is 1. The Balaban J connectivity index is 1.35. The monoisotopic (exact) mass is 438 g/mol. The standard InChI is InChI=1S/C23H24F2N6O/c1-13-4-3-7-31(13)12-16-8-15-11-26-20(10-18(15)27-16)28-23(32)14-5-6-17-19(9-14)30(2)29-21(17)22(24)25/h5-6,8-11,13,22,27H,3-4,7,12H2,1-2H3,(H,26,28,32)/t13-/m0/s1. The molecule has 1 atom stereocenters. The van der Waals surface area contributed by atoms with Crippen LogP contribution in [0.15, 0.2) is 36.5 Å². The molecule has 0 spiro atoms. The number of alkyl halides is 2. The molecule has 4 aromatic rings. The predicted octanol–water partition coefficient (Wildman–Crippen LogP) is 4.62. The van der Waals surface area contributed by atoms with E-state index in [9.17, 15) is 13.6 Å². The molecule has 0 saturated carbocycles. The summed E-state index contributed by atoms with van der Waals surface area (Å²) in [5.41, 5.74) is 2.56. The Hall–Kier alpha value is -3.33. The van der Waals surface area contributed by atoms with Crippen LogP contribution in [0.4, 0.5) is 14.6 Å². The van der Waals surface area contributed by atoms with Crippen LogP contribution in [0.5, 0.6) is 0 Å². The van der Waals surface area contributed by atoms with Gasteiger partial charge in [0.1, 0.15) is 11.5 Å². The van der Waals surface area contributed by atoms with Gasteiger partial charge in [-0.15, -0.1) is 0 Å². The van der Waals surface area contributed by atoms with Gasteiger partial charge in [-0.2, -0.15) is 5.10 Å². The van der Waals surface area contributed by atoms with E-state index in [1.54, 1.807) is 19.3 Å². The van der Waals surface area contributed by atoms with Gasteiger partial charge in [0.15, 0.2) is 0 Å². The fourth-order valence-corrected chi connectivity index (χ4v) is 4.46. The van der Waals surface area contributed by atoms with Crippen molar-refractivity contribution in [3.63, 3.8) is 0 Å². The lowest BCUT2D eigenvalue weighted by Gasteiger charge is -2.19. The van der Waals surface area contributed by atoms with Crippen molar-refractivity contribution in [1.82, 2.24) is 24.6 Å². The van der Waals surface area contributed by atoms with Gasteiger partial charge in [0.05, 0.1) is 11.0 Å². The van der Waals surface area contributed by atoms with E-state index in [1.807, 2.05) is 6.07 Å². The Labute approximate surface area is 183 Å². The molecule has 9 heteroatoms. The molecule has 2 N–H and O–H groups in total.